The average Bonchev–Trinajstić information content (AvgIpc) is 3.49. The van der Waals surface area contributed by atoms with Gasteiger partial charge < -0.3 is 44.4 Å². The number of aliphatic hydroxyl groups excluding tert-OH is 1. The summed E-state index contributed by atoms with van der Waals surface area (Å²) in [5.74, 6) is -5.57. The number of esters is 1. The maximum absolute atomic E-state index is 14.6. The summed E-state index contributed by atoms with van der Waals surface area (Å²) in [5, 5.41) is 22.9. The van der Waals surface area contributed by atoms with E-state index in [0.717, 1.165) is 12.8 Å². The van der Waals surface area contributed by atoms with E-state index in [2.05, 4.69) is 20.8 Å². The van der Waals surface area contributed by atoms with Crippen LogP contribution in [0.15, 0.2) is 12.2 Å². The Balaban J connectivity index is 1.36. The lowest BCUT2D eigenvalue weighted by atomic mass is 9.72. The van der Waals surface area contributed by atoms with E-state index in [1.807, 2.05) is 53.7 Å². The fourth-order valence-corrected chi connectivity index (χ4v) is 10.8. The molecule has 0 aliphatic carbocycles. The molecule has 0 bridgehead atoms. The maximum Gasteiger partial charge on any atom is 0.303 e. The second-order valence-electron chi connectivity index (χ2n) is 18.6. The Morgan fingerprint density at radius 3 is 2.18 bits per heavy atom. The fourth-order valence-electron chi connectivity index (χ4n) is 10.8. The van der Waals surface area contributed by atoms with Crippen molar-refractivity contribution in [3.05, 3.63) is 12.2 Å². The van der Waals surface area contributed by atoms with Crippen LogP contribution in [-0.4, -0.2) is 93.4 Å². The van der Waals surface area contributed by atoms with E-state index >= 15 is 0 Å². The van der Waals surface area contributed by atoms with Crippen molar-refractivity contribution in [1.29, 1.82) is 0 Å². The third-order valence-corrected chi connectivity index (χ3v) is 14.8. The van der Waals surface area contributed by atoms with Crippen LogP contribution in [0.3, 0.4) is 0 Å². The first-order valence-corrected chi connectivity index (χ1v) is 21.7. The third kappa shape index (κ3) is 8.54. The van der Waals surface area contributed by atoms with E-state index in [4.69, 9.17) is 34.2 Å². The van der Waals surface area contributed by atoms with Gasteiger partial charge in [-0.15, -0.1) is 0 Å². The average molecular weight is 792 g/mol. The number of amides is 1. The van der Waals surface area contributed by atoms with Gasteiger partial charge in [0.25, 0.3) is 0 Å². The molecule has 1 amide bonds. The molecule has 5 aliphatic heterocycles. The predicted molar refractivity (Wildman–Crippen MR) is 210 cm³/mol. The highest BCUT2D eigenvalue weighted by atomic mass is 16.8. The Hall–Kier alpha value is -1.93. The van der Waals surface area contributed by atoms with Gasteiger partial charge in [0.1, 0.15) is 5.78 Å². The predicted octanol–water partition coefficient (Wildman–Crippen LogP) is 6.16. The minimum atomic E-state index is -1.37. The van der Waals surface area contributed by atoms with Gasteiger partial charge in [-0.05, 0) is 95.6 Å². The summed E-state index contributed by atoms with van der Waals surface area (Å²) in [4.78, 5) is 39.2. The lowest BCUT2D eigenvalue weighted by Crippen LogP contribution is -2.63. The number of Topliss-reactive ketones (excluding diaryl/α,β-unsaturated/α-hetero) is 1. The van der Waals surface area contributed by atoms with Crippen molar-refractivity contribution in [2.24, 2.45) is 47.2 Å². The van der Waals surface area contributed by atoms with Gasteiger partial charge in [0, 0.05) is 37.0 Å². The van der Waals surface area contributed by atoms with E-state index in [-0.39, 0.29) is 59.8 Å². The van der Waals surface area contributed by atoms with Crippen LogP contribution in [0.4, 0.5) is 0 Å². The molecular weight excluding hydrogens is 718 g/mol. The van der Waals surface area contributed by atoms with Gasteiger partial charge in [-0.25, -0.2) is 0 Å². The molecule has 12 heteroatoms. The lowest BCUT2D eigenvalue weighted by Gasteiger charge is -2.54. The molecule has 0 saturated carbocycles. The first kappa shape index (κ1) is 45.2. The Morgan fingerprint density at radius 1 is 0.911 bits per heavy atom. The molecule has 320 valence electrons. The van der Waals surface area contributed by atoms with Gasteiger partial charge in [-0.2, -0.15) is 0 Å². The molecule has 0 aromatic rings. The number of carbonyl (C=O) groups excluding carboxylic acids is 3. The number of hydrogen-bond donors (Lipinski definition) is 3. The van der Waals surface area contributed by atoms with Crippen LogP contribution in [0, 0.1) is 41.4 Å². The Morgan fingerprint density at radius 2 is 1.59 bits per heavy atom. The molecule has 5 aliphatic rings. The van der Waals surface area contributed by atoms with Crippen LogP contribution < -0.4 is 5.73 Å². The summed E-state index contributed by atoms with van der Waals surface area (Å²) < 4.78 is 39.9. The molecule has 5 rings (SSSR count). The molecule has 18 atom stereocenters. The number of nitrogens with two attached hydrogens (primary N) is 1. The zero-order chi connectivity index (χ0) is 41.5. The molecule has 4 saturated heterocycles. The summed E-state index contributed by atoms with van der Waals surface area (Å²) in [6.45, 7) is 21.1. The molecule has 12 nitrogen and oxygen atoms in total. The normalized spacial score (nSPS) is 44.2. The minimum Gasteiger partial charge on any atom is -0.453 e. The summed E-state index contributed by atoms with van der Waals surface area (Å²) in [6.07, 6.45) is 6.07. The van der Waals surface area contributed by atoms with Gasteiger partial charge in [0.2, 0.25) is 11.7 Å². The summed E-state index contributed by atoms with van der Waals surface area (Å²) in [6, 6.07) is 0. The Labute approximate surface area is 335 Å². The Kier molecular flexibility index (Phi) is 14.0. The minimum absolute atomic E-state index is 0.00290. The number of aliphatic hydroxyl groups is 2. The van der Waals surface area contributed by atoms with Gasteiger partial charge in [0.05, 0.1) is 53.7 Å². The molecule has 0 aromatic heterocycles. The third-order valence-electron chi connectivity index (χ3n) is 14.8. The molecular formula is C44H73NO11. The van der Waals surface area contributed by atoms with Crippen molar-refractivity contribution in [2.75, 3.05) is 0 Å². The van der Waals surface area contributed by atoms with Crippen molar-refractivity contribution < 1.29 is 53.0 Å². The number of ketones is 1. The van der Waals surface area contributed by atoms with Crippen molar-refractivity contribution in [3.8, 4) is 0 Å². The van der Waals surface area contributed by atoms with Crippen LogP contribution in [0.25, 0.3) is 0 Å². The summed E-state index contributed by atoms with van der Waals surface area (Å²) in [5.41, 5.74) is 4.02. The highest BCUT2D eigenvalue weighted by molar-refractivity contribution is 5.84. The molecule has 4 N–H and O–H groups in total. The van der Waals surface area contributed by atoms with E-state index in [9.17, 15) is 24.6 Å². The molecule has 0 radical (unpaired) electrons. The second-order valence-corrected chi connectivity index (χ2v) is 18.6. The van der Waals surface area contributed by atoms with E-state index in [1.54, 1.807) is 6.92 Å². The van der Waals surface area contributed by atoms with Crippen LogP contribution >= 0.6 is 0 Å². The van der Waals surface area contributed by atoms with Crippen molar-refractivity contribution in [3.63, 3.8) is 0 Å². The van der Waals surface area contributed by atoms with Crippen molar-refractivity contribution in [2.45, 2.75) is 206 Å². The highest BCUT2D eigenvalue weighted by Crippen LogP contribution is 2.54. The quantitative estimate of drug-likeness (QED) is 0.144. The van der Waals surface area contributed by atoms with E-state index in [0.29, 0.717) is 51.4 Å². The van der Waals surface area contributed by atoms with Crippen LogP contribution in [-0.2, 0) is 42.8 Å². The van der Waals surface area contributed by atoms with E-state index < -0.39 is 64.8 Å². The lowest BCUT2D eigenvalue weighted by molar-refractivity contribution is -0.409. The van der Waals surface area contributed by atoms with Gasteiger partial charge >= 0.3 is 5.97 Å². The zero-order valence-corrected chi connectivity index (χ0v) is 36.0. The maximum atomic E-state index is 14.6. The van der Waals surface area contributed by atoms with Crippen molar-refractivity contribution >= 4 is 17.7 Å². The molecule has 2 spiro atoms. The number of carbonyl (C=O) groups is 3. The second kappa shape index (κ2) is 17.3. The van der Waals surface area contributed by atoms with Crippen LogP contribution in [0.1, 0.15) is 140 Å². The van der Waals surface area contributed by atoms with Gasteiger partial charge in [0.15, 0.2) is 11.9 Å². The first-order valence-electron chi connectivity index (χ1n) is 21.7. The largest absolute Gasteiger partial charge is 0.453 e. The number of ether oxygens (including phenoxy) is 6. The standard InChI is InChI=1S/C44H73NO11/c1-12-31(40(45)49)33-16-15-24(4)38(53-33)28(8)36(47)27(7)37(48)32(13-2)39-25(5)23-26(6)43(54-39)20-18-35(52-30(10)46)44(56-43)22-21-41(11,55-44)34-17-19-42(50,14-3)29(9)51-34/h18,20,24-29,31-36,38-39,47,50H,12-17,19,21-23H2,1-11H3,(H2,45,49). The summed E-state index contributed by atoms with van der Waals surface area (Å²) in [7, 11) is 0. The van der Waals surface area contributed by atoms with Gasteiger partial charge in [-0.1, -0.05) is 55.4 Å². The summed E-state index contributed by atoms with van der Waals surface area (Å²) >= 11 is 0. The smallest absolute Gasteiger partial charge is 0.303 e. The van der Waals surface area contributed by atoms with Crippen LogP contribution in [0.5, 0.6) is 0 Å². The van der Waals surface area contributed by atoms with E-state index in [1.165, 1.54) is 6.92 Å². The fraction of sp³-hybridized carbons (Fsp3) is 0.886. The van der Waals surface area contributed by atoms with Gasteiger partial charge in [-0.3, -0.25) is 14.4 Å². The molecule has 0 aromatic carbocycles. The number of rotatable bonds is 13. The first-order chi connectivity index (χ1) is 26.2. The van der Waals surface area contributed by atoms with Crippen molar-refractivity contribution in [1.82, 2.24) is 0 Å². The molecule has 5 heterocycles. The zero-order valence-electron chi connectivity index (χ0n) is 36.0. The number of hydrogen-bond acceptors (Lipinski definition) is 11. The Bertz CT molecular complexity index is 1440. The van der Waals surface area contributed by atoms with Crippen LogP contribution in [0.2, 0.25) is 0 Å². The molecule has 4 fully saturated rings. The highest BCUT2D eigenvalue weighted by Gasteiger charge is 2.64. The number of primary amides is 1. The molecule has 56 heavy (non-hydrogen) atoms. The topological polar surface area (TPSA) is 173 Å². The SMILES string of the molecule is CCC(C(N)=O)C1CCC(C)C(C(C)C(O)C(C)C(=O)C(CC)C2OC3(C=CC(OC(C)=O)C4(CCC(C)(C5CCC(O)(CC)C(C)O5)O4)O3)C(C)CC2C)O1. The monoisotopic (exact) mass is 792 g/mol. The molecule has 18 unspecified atom stereocenters.